The first-order chi connectivity index (χ1) is 26.4. The van der Waals surface area contributed by atoms with E-state index in [4.69, 9.17) is 14.2 Å². The summed E-state index contributed by atoms with van der Waals surface area (Å²) in [6.07, 6.45) is 19.6. The normalized spacial score (nSPS) is 15.8. The van der Waals surface area contributed by atoms with Gasteiger partial charge < -0.3 is 19.1 Å². The van der Waals surface area contributed by atoms with Crippen molar-refractivity contribution in [2.75, 3.05) is 62.5 Å². The van der Waals surface area contributed by atoms with Crippen LogP contribution < -0.4 is 14.5 Å². The van der Waals surface area contributed by atoms with Crippen molar-refractivity contribution in [2.45, 2.75) is 135 Å². The number of hydrogen-bond donors (Lipinski definition) is 0. The molecule has 3 aromatic rings. The van der Waals surface area contributed by atoms with Crippen LogP contribution in [0.25, 0.3) is 10.1 Å². The SMILES string of the molecule is CCCCCCCCCCCCCCCCOC(=O)OCN1C(=O)CC(C)(C)c2ccc(OCCCCN3CCN(c4cccc5sccc45)CC3)cc21. The minimum absolute atomic E-state index is 0.0727. The molecule has 8 nitrogen and oxygen atoms in total. The lowest BCUT2D eigenvalue weighted by Gasteiger charge is -2.38. The molecule has 9 heteroatoms. The van der Waals surface area contributed by atoms with Gasteiger partial charge in [0, 0.05) is 59.9 Å². The number of benzene rings is 2. The second-order valence-corrected chi connectivity index (χ2v) is 17.0. The molecule has 0 bridgehead atoms. The second-order valence-electron chi connectivity index (χ2n) is 16.0. The monoisotopic (exact) mass is 761 g/mol. The first-order valence-corrected chi connectivity index (χ1v) is 22.0. The van der Waals surface area contributed by atoms with Gasteiger partial charge in [0.2, 0.25) is 5.91 Å². The number of anilines is 2. The number of carbonyl (C=O) groups excluding carboxylic acids is 2. The first-order valence-electron chi connectivity index (χ1n) is 21.2. The van der Waals surface area contributed by atoms with Crippen molar-refractivity contribution >= 4 is 44.9 Å². The van der Waals surface area contributed by atoms with Crippen LogP contribution in [0.1, 0.15) is 135 Å². The van der Waals surface area contributed by atoms with Crippen molar-refractivity contribution in [3.05, 3.63) is 53.4 Å². The third kappa shape index (κ3) is 12.9. The lowest BCUT2D eigenvalue weighted by atomic mass is 9.77. The van der Waals surface area contributed by atoms with Gasteiger partial charge in [-0.2, -0.15) is 0 Å². The number of ether oxygens (including phenoxy) is 3. The first kappa shape index (κ1) is 41.9. The van der Waals surface area contributed by atoms with Crippen LogP contribution in [0.15, 0.2) is 47.8 Å². The molecule has 0 aliphatic carbocycles. The molecule has 0 N–H and O–H groups in total. The van der Waals surface area contributed by atoms with Gasteiger partial charge in [0.25, 0.3) is 0 Å². The van der Waals surface area contributed by atoms with Crippen LogP contribution >= 0.6 is 11.3 Å². The quantitative estimate of drug-likeness (QED) is 0.0665. The third-order valence-electron chi connectivity index (χ3n) is 11.2. The van der Waals surface area contributed by atoms with Gasteiger partial charge in [-0.05, 0) is 61.0 Å². The molecule has 5 rings (SSSR count). The molecule has 1 saturated heterocycles. The minimum Gasteiger partial charge on any atom is -0.494 e. The summed E-state index contributed by atoms with van der Waals surface area (Å²) < 4.78 is 18.4. The summed E-state index contributed by atoms with van der Waals surface area (Å²) in [7, 11) is 0. The van der Waals surface area contributed by atoms with Crippen LogP contribution in [0.2, 0.25) is 0 Å². The molecular formula is C45H67N3O5S. The largest absolute Gasteiger partial charge is 0.510 e. The Hall–Kier alpha value is -3.30. The number of amides is 1. The van der Waals surface area contributed by atoms with Crippen LogP contribution in [-0.2, 0) is 19.7 Å². The molecule has 0 spiro atoms. The summed E-state index contributed by atoms with van der Waals surface area (Å²) in [6, 6.07) is 14.8. The van der Waals surface area contributed by atoms with Crippen LogP contribution in [0, 0.1) is 0 Å². The molecule has 54 heavy (non-hydrogen) atoms. The lowest BCUT2D eigenvalue weighted by Crippen LogP contribution is -2.46. The predicted molar refractivity (Wildman–Crippen MR) is 224 cm³/mol. The van der Waals surface area contributed by atoms with E-state index in [0.717, 1.165) is 75.4 Å². The molecule has 0 saturated carbocycles. The molecule has 1 amide bonds. The third-order valence-corrected chi connectivity index (χ3v) is 12.1. The fourth-order valence-electron chi connectivity index (χ4n) is 7.95. The molecule has 0 atom stereocenters. The van der Waals surface area contributed by atoms with Gasteiger partial charge in [-0.1, -0.05) is 116 Å². The van der Waals surface area contributed by atoms with E-state index in [-0.39, 0.29) is 18.1 Å². The van der Waals surface area contributed by atoms with E-state index in [1.807, 2.05) is 29.5 Å². The van der Waals surface area contributed by atoms with Crippen LogP contribution in [0.5, 0.6) is 5.75 Å². The molecular weight excluding hydrogens is 695 g/mol. The van der Waals surface area contributed by atoms with Crippen molar-refractivity contribution in [3.8, 4) is 5.75 Å². The van der Waals surface area contributed by atoms with E-state index in [2.05, 4.69) is 60.2 Å². The zero-order chi connectivity index (χ0) is 38.0. The maximum atomic E-state index is 13.2. The average Bonchev–Trinajstić information content (AvgIpc) is 3.66. The molecule has 1 fully saturated rings. The zero-order valence-corrected chi connectivity index (χ0v) is 34.4. The van der Waals surface area contributed by atoms with E-state index in [0.29, 0.717) is 19.6 Å². The highest BCUT2D eigenvalue weighted by Gasteiger charge is 2.37. The Morgan fingerprint density at radius 3 is 2.11 bits per heavy atom. The van der Waals surface area contributed by atoms with E-state index in [9.17, 15) is 9.59 Å². The van der Waals surface area contributed by atoms with Gasteiger partial charge in [-0.15, -0.1) is 11.3 Å². The van der Waals surface area contributed by atoms with E-state index in [1.54, 1.807) is 4.90 Å². The number of nitrogens with zero attached hydrogens (tertiary/aromatic N) is 3. The number of piperazine rings is 1. The number of fused-ring (bicyclic) bond motifs is 2. The molecule has 2 aliphatic heterocycles. The van der Waals surface area contributed by atoms with Crippen molar-refractivity contribution in [3.63, 3.8) is 0 Å². The molecule has 2 aromatic carbocycles. The standard InChI is InChI=1S/C45H67N3O5S/c1-4-5-6-7-8-9-10-11-12-13-14-15-16-18-32-52-44(50)53-36-48-41-34-37(23-24-39(41)45(2,3)35-43(48)49)51-31-19-17-26-46-27-29-47(30-28-46)40-21-20-22-42-38(40)25-33-54-42/h20-25,33-34H,4-19,26-32,35-36H2,1-3H3. The highest BCUT2D eigenvalue weighted by molar-refractivity contribution is 7.17. The molecule has 2 aliphatic rings. The Balaban J connectivity index is 0.947. The molecule has 1 aromatic heterocycles. The van der Waals surface area contributed by atoms with Crippen LogP contribution in [0.4, 0.5) is 16.2 Å². The molecule has 0 radical (unpaired) electrons. The van der Waals surface area contributed by atoms with Gasteiger partial charge in [0.15, 0.2) is 6.73 Å². The Kier molecular flexibility index (Phi) is 17.3. The Labute approximate surface area is 329 Å². The highest BCUT2D eigenvalue weighted by Crippen LogP contribution is 2.42. The number of rotatable bonds is 24. The topological polar surface area (TPSA) is 71.5 Å². The van der Waals surface area contributed by atoms with Gasteiger partial charge >= 0.3 is 6.16 Å². The average molecular weight is 762 g/mol. The fourth-order valence-corrected chi connectivity index (χ4v) is 8.75. The second kappa shape index (κ2) is 22.3. The fraction of sp³-hybridized carbons (Fsp3) is 0.644. The minimum atomic E-state index is -0.725. The maximum Gasteiger partial charge on any atom is 0.510 e. The predicted octanol–water partition coefficient (Wildman–Crippen LogP) is 11.5. The van der Waals surface area contributed by atoms with Gasteiger partial charge in [-0.3, -0.25) is 14.6 Å². The molecule has 0 unspecified atom stereocenters. The summed E-state index contributed by atoms with van der Waals surface area (Å²) in [5.41, 5.74) is 2.82. The van der Waals surface area contributed by atoms with Gasteiger partial charge in [0.1, 0.15) is 5.75 Å². The van der Waals surface area contributed by atoms with Crippen molar-refractivity contribution < 1.29 is 23.8 Å². The van der Waals surface area contributed by atoms with Gasteiger partial charge in [0.05, 0.1) is 18.9 Å². The summed E-state index contributed by atoms with van der Waals surface area (Å²) in [5, 5.41) is 3.55. The van der Waals surface area contributed by atoms with Gasteiger partial charge in [-0.25, -0.2) is 4.79 Å². The van der Waals surface area contributed by atoms with Crippen molar-refractivity contribution in [1.29, 1.82) is 0 Å². The van der Waals surface area contributed by atoms with Crippen molar-refractivity contribution in [2.24, 2.45) is 0 Å². The maximum absolute atomic E-state index is 13.2. The van der Waals surface area contributed by atoms with Crippen molar-refractivity contribution in [1.82, 2.24) is 4.90 Å². The Bertz CT molecular complexity index is 1570. The number of carbonyl (C=O) groups is 2. The number of thiophene rings is 1. The summed E-state index contributed by atoms with van der Waals surface area (Å²) in [6.45, 7) is 12.5. The van der Waals surface area contributed by atoms with Crippen LogP contribution in [0.3, 0.4) is 0 Å². The Morgan fingerprint density at radius 1 is 0.741 bits per heavy atom. The summed E-state index contributed by atoms with van der Waals surface area (Å²) in [5.74, 6) is 0.650. The number of hydrogen-bond acceptors (Lipinski definition) is 8. The van der Waals surface area contributed by atoms with E-state index < -0.39 is 6.16 Å². The summed E-state index contributed by atoms with van der Waals surface area (Å²) >= 11 is 1.81. The summed E-state index contributed by atoms with van der Waals surface area (Å²) in [4.78, 5) is 32.3. The zero-order valence-electron chi connectivity index (χ0n) is 33.6. The van der Waals surface area contributed by atoms with E-state index in [1.165, 1.54) is 92.8 Å². The molecule has 3 heterocycles. The lowest BCUT2D eigenvalue weighted by molar-refractivity contribution is -0.121. The number of unbranched alkanes of at least 4 members (excludes halogenated alkanes) is 14. The molecule has 298 valence electrons. The smallest absolute Gasteiger partial charge is 0.494 e. The van der Waals surface area contributed by atoms with E-state index >= 15 is 0 Å². The van der Waals surface area contributed by atoms with Crippen LogP contribution in [-0.4, -0.2) is 69.6 Å². The highest BCUT2D eigenvalue weighted by atomic mass is 32.1. The Morgan fingerprint density at radius 2 is 1.41 bits per heavy atom.